The number of hydrogen-bond donors (Lipinski definition) is 4. The van der Waals surface area contributed by atoms with E-state index in [0.717, 1.165) is 100 Å². The molecule has 2 aliphatic rings. The Bertz CT molecular complexity index is 7000. The van der Waals surface area contributed by atoms with Crippen molar-refractivity contribution in [3.63, 3.8) is 0 Å². The quantitative estimate of drug-likeness (QED) is 0.0343. The maximum absolute atomic E-state index is 14.2. The second-order valence-corrected chi connectivity index (χ2v) is 55.4. The zero-order valence-corrected chi connectivity index (χ0v) is 96.0. The monoisotopic (exact) mass is 2080 g/mol. The molecule has 2 aliphatic carbocycles. The molecule has 4 N–H and O–H groups in total. The summed E-state index contributed by atoms with van der Waals surface area (Å²) in [5.74, 6) is 2.67. The Morgan fingerprint density at radius 2 is 0.302 bits per heavy atom. The number of fused-ring (bicyclic) bond motifs is 18. The number of phenolic OH excluding ortho intramolecular Hbond substituents is 4. The predicted molar refractivity (Wildman–Crippen MR) is 599 cm³/mol. The van der Waals surface area contributed by atoms with Gasteiger partial charge in [-0.15, -0.1) is 0 Å². The fraction of sp³-hybridized carbons (Fsp3) is 0.438. The SMILES string of the molecule is Cc1ccc(S(=O)(=O)OCCOc2c3cc(C(C)(C)C)cc2Cc2cc(C(C)(C)C)cc(c2OCCOS(=O)(=O)c2ccc(C)cc2)Cc2cc(C(C)(C)C)cc(c2OCCOS(=O)(=O)c2ccc(C)cc2)Cc2cc(C(C)(C)C)cc(c2OCCOc2c4cc(C(C)(C)C)cc2Cc2cc(C(C)(C)C)cc(c2O)Cc2cc(C(C)(C)C)cc(c2O)Cc2cc(C(C)(C)C)cc(c2O)Cc2cc(C(C)(C)C)cc(c2O)C4)C3)cc1. The summed E-state index contributed by atoms with van der Waals surface area (Å²) in [6.45, 7) is 62.0. The molecule has 0 spiro atoms. The standard InChI is InChI=1S/C128H158O18S3/c1-78-31-37-108(38-32-78)147(133,134)144-48-45-141-117-93-56-91-70-104(125(19,20)21)71-92(57-94-73-106(127(25,26)27)75-96(118(94)142-46-49-145-148(135,136)109-39-33-79(2)34-40-109)59-98-77-107(128(28,29)30)76-97(58-95(117)74-105(72-93)126(22,23)24)119(98)143-47-50-146-149(137,138)110-41-35-80(3)36-42-110)116(91)140-44-43-139-115-89-54-87-66-101(122(10,11)12)64-85(113(87)131)52-83-62-99(120(4,5)6)60-81(111(83)129)51-82-61-100(121(7,8)9)63-84(112(82)130)53-86-65-102(123(13,14)15)67-88(114(86)132)55-90(115)69-103(68-89)124(16,17)18/h31-42,60-77,129-132H,43-59H2,1-30H3. The van der Waals surface area contributed by atoms with Crippen LogP contribution < -0.4 is 23.7 Å². The summed E-state index contributed by atoms with van der Waals surface area (Å²) in [4.78, 5) is -0.0147. The van der Waals surface area contributed by atoms with Crippen LogP contribution >= 0.6 is 0 Å². The van der Waals surface area contributed by atoms with E-state index in [1.807, 2.05) is 20.8 Å². The second kappa shape index (κ2) is 43.0. The molecule has 796 valence electrons. The molecule has 14 rings (SSSR count). The minimum Gasteiger partial charge on any atom is -0.507 e. The van der Waals surface area contributed by atoms with Crippen molar-refractivity contribution in [3.8, 4) is 51.7 Å². The summed E-state index contributed by atoms with van der Waals surface area (Å²) in [7, 11) is -12.9. The maximum Gasteiger partial charge on any atom is 0.297 e. The highest BCUT2D eigenvalue weighted by molar-refractivity contribution is 7.87. The Morgan fingerprint density at radius 1 is 0.188 bits per heavy atom. The van der Waals surface area contributed by atoms with Gasteiger partial charge in [-0.2, -0.15) is 25.3 Å². The molecule has 0 radical (unpaired) electrons. The van der Waals surface area contributed by atoms with E-state index in [4.69, 9.17) is 36.2 Å². The minimum absolute atomic E-state index is 0.00457. The Morgan fingerprint density at radius 3 is 0.436 bits per heavy atom. The van der Waals surface area contributed by atoms with Crippen LogP contribution in [0, 0.1) is 20.8 Å². The average Bonchev–Trinajstić information content (AvgIpc) is 0.750. The molecule has 0 unspecified atom stereocenters. The van der Waals surface area contributed by atoms with Crippen molar-refractivity contribution in [2.75, 3.05) is 52.9 Å². The van der Waals surface area contributed by atoms with Gasteiger partial charge < -0.3 is 44.1 Å². The van der Waals surface area contributed by atoms with Gasteiger partial charge in [0.25, 0.3) is 30.4 Å². The highest BCUT2D eigenvalue weighted by Crippen LogP contribution is 2.50. The predicted octanol–water partition coefficient (Wildman–Crippen LogP) is 27.9. The molecule has 12 aromatic rings. The Balaban J connectivity index is 1.000. The lowest BCUT2D eigenvalue weighted by atomic mass is 9.79. The van der Waals surface area contributed by atoms with Gasteiger partial charge in [-0.1, -0.05) is 349 Å². The van der Waals surface area contributed by atoms with E-state index in [1.165, 1.54) is 36.4 Å². The van der Waals surface area contributed by atoms with E-state index in [0.29, 0.717) is 95.5 Å². The van der Waals surface area contributed by atoms with Crippen molar-refractivity contribution in [1.82, 2.24) is 0 Å². The number of benzene rings is 12. The lowest BCUT2D eigenvalue weighted by Crippen LogP contribution is -2.20. The van der Waals surface area contributed by atoms with Crippen LogP contribution in [0.25, 0.3) is 0 Å². The second-order valence-electron chi connectivity index (χ2n) is 50.5. The molecule has 0 amide bonds. The van der Waals surface area contributed by atoms with Crippen LogP contribution in [0.3, 0.4) is 0 Å². The minimum atomic E-state index is -4.30. The van der Waals surface area contributed by atoms with Crippen LogP contribution in [0.5, 0.6) is 51.7 Å². The molecule has 12 aromatic carbocycles. The number of ether oxygens (including phenoxy) is 5. The van der Waals surface area contributed by atoms with Crippen molar-refractivity contribution in [3.05, 3.63) is 349 Å². The molecule has 0 aromatic heterocycles. The molecule has 18 nitrogen and oxygen atoms in total. The first kappa shape index (κ1) is 113. The molecule has 0 aliphatic heterocycles. The van der Waals surface area contributed by atoms with Crippen LogP contribution in [0.15, 0.2) is 197 Å². The smallest absolute Gasteiger partial charge is 0.297 e. The fourth-order valence-electron chi connectivity index (χ4n) is 19.3. The van der Waals surface area contributed by atoms with Gasteiger partial charge in [-0.05, 0) is 256 Å². The van der Waals surface area contributed by atoms with E-state index < -0.39 is 79.1 Å². The van der Waals surface area contributed by atoms with Crippen LogP contribution in [0.4, 0.5) is 0 Å². The van der Waals surface area contributed by atoms with Gasteiger partial charge in [0.05, 0.1) is 14.7 Å². The molecule has 0 saturated carbocycles. The summed E-state index contributed by atoms with van der Waals surface area (Å²) in [6.07, 6.45) is 1.47. The van der Waals surface area contributed by atoms with Gasteiger partial charge in [0, 0.05) is 57.8 Å². The van der Waals surface area contributed by atoms with Gasteiger partial charge >= 0.3 is 0 Å². The number of rotatable bonds is 23. The molecule has 149 heavy (non-hydrogen) atoms. The van der Waals surface area contributed by atoms with Gasteiger partial charge in [0.15, 0.2) is 0 Å². The Kier molecular flexibility index (Phi) is 32.7. The molecule has 0 heterocycles. The number of aryl methyl sites for hydroxylation is 3. The first-order chi connectivity index (χ1) is 69.1. The highest BCUT2D eigenvalue weighted by Gasteiger charge is 2.36. The average molecular weight is 2080 g/mol. The number of phenols is 4. The molecule has 21 heteroatoms. The van der Waals surface area contributed by atoms with Crippen molar-refractivity contribution in [2.24, 2.45) is 0 Å². The summed E-state index contributed by atoms with van der Waals surface area (Å²) < 4.78 is 140. The van der Waals surface area contributed by atoms with Gasteiger partial charge in [-0.3, -0.25) is 12.5 Å². The lowest BCUT2D eigenvalue weighted by Gasteiger charge is -2.29. The Hall–Kier alpha value is -11.4. The normalized spacial score (nSPS) is 13.9. The van der Waals surface area contributed by atoms with Crippen LogP contribution in [-0.2, 0) is 149 Å². The van der Waals surface area contributed by atoms with E-state index in [1.54, 1.807) is 36.4 Å². The van der Waals surface area contributed by atoms with Gasteiger partial charge in [-0.25, -0.2) is 0 Å². The van der Waals surface area contributed by atoms with Crippen LogP contribution in [-0.4, -0.2) is 98.5 Å². The lowest BCUT2D eigenvalue weighted by molar-refractivity contribution is 0.212. The van der Waals surface area contributed by atoms with Crippen molar-refractivity contribution in [1.29, 1.82) is 0 Å². The number of aromatic hydroxyl groups is 4. The Labute approximate surface area is 888 Å². The topological polar surface area (TPSA) is 257 Å². The molecule has 0 atom stereocenters. The maximum atomic E-state index is 14.2. The first-order valence-electron chi connectivity index (χ1n) is 52.3. The third-order valence-electron chi connectivity index (χ3n) is 28.7. The summed E-state index contributed by atoms with van der Waals surface area (Å²) in [5.41, 5.74) is 19.4. The molecular weight excluding hydrogens is 1920 g/mol. The first-order valence-corrected chi connectivity index (χ1v) is 56.5. The zero-order chi connectivity index (χ0) is 109. The largest absolute Gasteiger partial charge is 0.507 e. The molecule has 0 saturated heterocycles. The van der Waals surface area contributed by atoms with Crippen molar-refractivity contribution >= 4 is 30.4 Å². The summed E-state index contributed by atoms with van der Waals surface area (Å²) >= 11 is 0. The van der Waals surface area contributed by atoms with Gasteiger partial charge in [0.1, 0.15) is 105 Å². The summed E-state index contributed by atoms with van der Waals surface area (Å²) in [5, 5.41) is 53.0. The molecule has 18 bridgehead atoms. The van der Waals surface area contributed by atoms with E-state index in [2.05, 4.69) is 296 Å². The third kappa shape index (κ3) is 27.2. The summed E-state index contributed by atoms with van der Waals surface area (Å²) in [6, 6.07) is 57.7. The van der Waals surface area contributed by atoms with E-state index >= 15 is 0 Å². The molecule has 0 fully saturated rings. The van der Waals surface area contributed by atoms with Crippen LogP contribution in [0.1, 0.15) is 354 Å². The third-order valence-corrected chi connectivity index (χ3v) is 32.7. The van der Waals surface area contributed by atoms with Crippen molar-refractivity contribution < 1.29 is 81.9 Å². The van der Waals surface area contributed by atoms with Crippen molar-refractivity contribution in [2.45, 2.75) is 329 Å². The fourth-order valence-corrected chi connectivity index (χ4v) is 22.0. The molecular formula is C128H158O18S3. The highest BCUT2D eigenvalue weighted by atomic mass is 32.2. The zero-order valence-electron chi connectivity index (χ0n) is 93.6. The number of hydrogen-bond acceptors (Lipinski definition) is 18. The van der Waals surface area contributed by atoms with E-state index in [-0.39, 0.29) is 148 Å². The van der Waals surface area contributed by atoms with E-state index in [9.17, 15) is 45.7 Å². The van der Waals surface area contributed by atoms with Crippen LogP contribution in [0.2, 0.25) is 0 Å². The van der Waals surface area contributed by atoms with Gasteiger partial charge in [0.2, 0.25) is 0 Å².